The molecule has 18 rings (SSSR count). The molecule has 2 aliphatic heterocycles. The lowest BCUT2D eigenvalue weighted by Gasteiger charge is -2.47. The summed E-state index contributed by atoms with van der Waals surface area (Å²) in [6, 6.07) is 91.6. The molecular formula is C81H59N3O3S. The van der Waals surface area contributed by atoms with Crippen LogP contribution in [0.25, 0.3) is 75.2 Å². The maximum Gasteiger partial charge on any atom is 0.159 e. The van der Waals surface area contributed by atoms with Gasteiger partial charge in [-0.3, -0.25) is 0 Å². The van der Waals surface area contributed by atoms with E-state index in [4.69, 9.17) is 13.6 Å². The minimum atomic E-state index is -0.922. The van der Waals surface area contributed by atoms with E-state index in [-0.39, 0.29) is 10.8 Å². The Hall–Kier alpha value is -10.3. The van der Waals surface area contributed by atoms with Gasteiger partial charge in [-0.15, -0.1) is 11.3 Å². The first kappa shape index (κ1) is 50.9. The molecule has 3 aromatic heterocycles. The topological polar surface area (TPSA) is 45.2 Å². The van der Waals surface area contributed by atoms with Crippen molar-refractivity contribution in [3.8, 4) is 22.6 Å². The van der Waals surface area contributed by atoms with Crippen molar-refractivity contribution >= 4 is 127 Å². The predicted octanol–water partition coefficient (Wildman–Crippen LogP) is 23.6. The zero-order valence-corrected chi connectivity index (χ0v) is 50.5. The smallest absolute Gasteiger partial charge is 0.159 e. The lowest BCUT2D eigenvalue weighted by molar-refractivity contribution is 0.473. The van der Waals surface area contributed by atoms with Gasteiger partial charge in [-0.1, -0.05) is 193 Å². The Kier molecular flexibility index (Phi) is 10.6. The summed E-state index contributed by atoms with van der Waals surface area (Å²) in [6.45, 7) is 13.7. The molecule has 1 aliphatic carbocycles. The Balaban J connectivity index is 0.989. The molecule has 7 heteroatoms. The number of thiophene rings is 1. The first-order valence-corrected chi connectivity index (χ1v) is 31.3. The third-order valence-corrected chi connectivity index (χ3v) is 20.1. The average molecular weight is 1150 g/mol. The van der Waals surface area contributed by atoms with E-state index in [1.807, 2.05) is 11.3 Å². The van der Waals surface area contributed by atoms with Crippen molar-refractivity contribution in [1.29, 1.82) is 0 Å². The minimum Gasteiger partial charge on any atom is -0.454 e. The average Bonchev–Trinajstić information content (AvgIpc) is 1.42. The molecule has 1 atom stereocenters. The van der Waals surface area contributed by atoms with E-state index in [1.54, 1.807) is 0 Å². The molecule has 0 saturated carbocycles. The second kappa shape index (κ2) is 18.3. The number of furan rings is 2. The van der Waals surface area contributed by atoms with Gasteiger partial charge in [0.1, 0.15) is 11.2 Å². The molecule has 0 radical (unpaired) electrons. The second-order valence-electron chi connectivity index (χ2n) is 25.9. The molecule has 3 aliphatic rings. The Morgan fingerprint density at radius 1 is 0.398 bits per heavy atom. The fourth-order valence-corrected chi connectivity index (χ4v) is 16.2. The molecule has 0 saturated heterocycles. The summed E-state index contributed by atoms with van der Waals surface area (Å²) in [5.74, 6) is 1.64. The van der Waals surface area contributed by atoms with Gasteiger partial charge in [-0.2, -0.15) is 0 Å². The maximum atomic E-state index is 7.10. The van der Waals surface area contributed by atoms with Gasteiger partial charge >= 0.3 is 0 Å². The van der Waals surface area contributed by atoms with Gasteiger partial charge < -0.3 is 28.3 Å². The molecule has 0 bridgehead atoms. The van der Waals surface area contributed by atoms with Crippen LogP contribution in [0.5, 0.6) is 11.5 Å². The van der Waals surface area contributed by atoms with Gasteiger partial charge in [0.15, 0.2) is 22.7 Å². The number of nitrogens with zero attached hydrogens (tertiary/aromatic N) is 3. The van der Waals surface area contributed by atoms with Gasteiger partial charge in [0.25, 0.3) is 0 Å². The van der Waals surface area contributed by atoms with E-state index in [0.29, 0.717) is 0 Å². The molecule has 422 valence electrons. The van der Waals surface area contributed by atoms with E-state index in [2.05, 4.69) is 305 Å². The number of fused-ring (bicyclic) bond motifs is 21. The summed E-state index contributed by atoms with van der Waals surface area (Å²) < 4.78 is 23.6. The van der Waals surface area contributed by atoms with Crippen LogP contribution in [0.4, 0.5) is 51.2 Å². The number of anilines is 9. The zero-order chi connectivity index (χ0) is 58.9. The highest BCUT2D eigenvalue weighted by atomic mass is 32.1. The standard InChI is InChI=1S/C81H59N3O3S/c1-79(2,3)48-36-40-50(41-37-48)82(65-29-17-23-55-53-20-7-13-31-68(53)86-76(55)65)52-44-45-57-61(46-52)81(59-25-10-11-27-63(59)84-64-28-12-15-33-70(64)85-71-34-19-26-60(81)75(71)84)62-47-67(74-58-22-9-16-35-72(58)88-78(74)73(57)62)83(51-42-38-49(39-43-51)80(4,5)6)66-30-18-24-56-54-21-8-14-32-69(54)87-77(56)66/h7-47H,1-6H3. The highest BCUT2D eigenvalue weighted by Gasteiger charge is 2.55. The van der Waals surface area contributed by atoms with Crippen molar-refractivity contribution in [3.05, 3.63) is 282 Å². The molecule has 0 amide bonds. The van der Waals surface area contributed by atoms with Crippen LogP contribution in [-0.4, -0.2) is 0 Å². The fourth-order valence-electron chi connectivity index (χ4n) is 14.9. The number of benzene rings is 12. The van der Waals surface area contributed by atoms with Crippen molar-refractivity contribution < 1.29 is 13.6 Å². The third kappa shape index (κ3) is 7.10. The largest absolute Gasteiger partial charge is 0.454 e. The van der Waals surface area contributed by atoms with Gasteiger partial charge in [0, 0.05) is 64.3 Å². The number of hydrogen-bond donors (Lipinski definition) is 0. The van der Waals surface area contributed by atoms with Crippen LogP contribution < -0.4 is 19.4 Å². The molecule has 6 nitrogen and oxygen atoms in total. The van der Waals surface area contributed by atoms with Crippen LogP contribution in [0.2, 0.25) is 0 Å². The normalized spacial score (nSPS) is 14.8. The Morgan fingerprint density at radius 2 is 0.920 bits per heavy atom. The summed E-state index contributed by atoms with van der Waals surface area (Å²) >= 11 is 1.89. The molecule has 5 heterocycles. The first-order valence-electron chi connectivity index (χ1n) is 30.5. The highest BCUT2D eigenvalue weighted by Crippen LogP contribution is 2.69. The molecule has 1 spiro atoms. The van der Waals surface area contributed by atoms with Crippen molar-refractivity contribution in [3.63, 3.8) is 0 Å². The van der Waals surface area contributed by atoms with Crippen LogP contribution in [0.3, 0.4) is 0 Å². The third-order valence-electron chi connectivity index (χ3n) is 18.9. The molecule has 15 aromatic rings. The molecule has 0 fully saturated rings. The summed E-state index contributed by atoms with van der Waals surface area (Å²) in [7, 11) is 0. The number of para-hydroxylation sites is 8. The Morgan fingerprint density at radius 3 is 1.59 bits per heavy atom. The lowest BCUT2D eigenvalue weighted by Crippen LogP contribution is -2.37. The summed E-state index contributed by atoms with van der Waals surface area (Å²) in [6.07, 6.45) is 0. The van der Waals surface area contributed by atoms with Crippen LogP contribution in [-0.2, 0) is 16.2 Å². The summed E-state index contributed by atoms with van der Waals surface area (Å²) in [5.41, 5.74) is 21.2. The van der Waals surface area contributed by atoms with Gasteiger partial charge in [-0.05, 0) is 147 Å². The van der Waals surface area contributed by atoms with Crippen LogP contribution >= 0.6 is 11.3 Å². The van der Waals surface area contributed by atoms with E-state index >= 15 is 0 Å². The van der Waals surface area contributed by atoms with Crippen LogP contribution in [0.1, 0.15) is 74.9 Å². The number of hydrogen-bond acceptors (Lipinski definition) is 7. The monoisotopic (exact) mass is 1150 g/mol. The van der Waals surface area contributed by atoms with E-state index < -0.39 is 5.41 Å². The number of rotatable bonds is 6. The van der Waals surface area contributed by atoms with Crippen molar-refractivity contribution in [2.45, 2.75) is 57.8 Å². The van der Waals surface area contributed by atoms with Crippen molar-refractivity contribution in [1.82, 2.24) is 0 Å². The van der Waals surface area contributed by atoms with Crippen LogP contribution in [0, 0.1) is 0 Å². The SMILES string of the molecule is CC(C)(C)c1ccc(N(c2ccc3c(c2)C2(c4ccccc4N4c5ccccc5Oc5cccc2c54)c2cc(N(c4ccc(C(C)(C)C)cc4)c4cccc5c4oc4ccccc45)c4c(sc5ccccc54)c2-3)c2cccc3c2oc2ccccc23)cc1. The second-order valence-corrected chi connectivity index (χ2v) is 27.0. The summed E-state index contributed by atoms with van der Waals surface area (Å²) in [5, 5.41) is 6.71. The fraction of sp³-hybridized carbons (Fsp3) is 0.111. The molecular weight excluding hydrogens is 1090 g/mol. The molecule has 12 aromatic carbocycles. The molecule has 0 N–H and O–H groups in total. The quantitative estimate of drug-likeness (QED) is 0.165. The zero-order valence-electron chi connectivity index (χ0n) is 49.6. The predicted molar refractivity (Wildman–Crippen MR) is 366 cm³/mol. The summed E-state index contributed by atoms with van der Waals surface area (Å²) in [4.78, 5) is 7.38. The Labute approximate surface area is 514 Å². The minimum absolute atomic E-state index is 0.0457. The Bertz CT molecular complexity index is 5420. The lowest BCUT2D eigenvalue weighted by atomic mass is 9.64. The van der Waals surface area contributed by atoms with E-state index in [1.165, 1.54) is 59.1 Å². The van der Waals surface area contributed by atoms with E-state index in [0.717, 1.165) is 112 Å². The maximum absolute atomic E-state index is 7.10. The van der Waals surface area contributed by atoms with Gasteiger partial charge in [0.2, 0.25) is 0 Å². The molecule has 88 heavy (non-hydrogen) atoms. The van der Waals surface area contributed by atoms with Crippen LogP contribution in [0.15, 0.2) is 258 Å². The number of ether oxygens (including phenoxy) is 1. The van der Waals surface area contributed by atoms with Gasteiger partial charge in [0.05, 0.1) is 39.5 Å². The van der Waals surface area contributed by atoms with Crippen molar-refractivity contribution in [2.24, 2.45) is 0 Å². The first-order chi connectivity index (χ1) is 42.9. The molecule has 1 unspecified atom stereocenters. The highest BCUT2D eigenvalue weighted by molar-refractivity contribution is 7.26. The van der Waals surface area contributed by atoms with E-state index in [9.17, 15) is 0 Å². The van der Waals surface area contributed by atoms with Crippen molar-refractivity contribution in [2.75, 3.05) is 14.7 Å². The van der Waals surface area contributed by atoms with Gasteiger partial charge in [-0.25, -0.2) is 0 Å².